The van der Waals surface area contributed by atoms with Crippen molar-refractivity contribution in [3.63, 3.8) is 0 Å². The average Bonchev–Trinajstić information content (AvgIpc) is 3.23. The fraction of sp³-hybridized carbons (Fsp3) is 0.312. The maximum Gasteiger partial charge on any atom is 0.219 e. The van der Waals surface area contributed by atoms with Gasteiger partial charge in [0, 0.05) is 28.8 Å². The summed E-state index contributed by atoms with van der Waals surface area (Å²) in [4.78, 5) is 4.43. The summed E-state index contributed by atoms with van der Waals surface area (Å²) in [5.41, 5.74) is 2.20. The first-order chi connectivity index (χ1) is 9.69. The number of nitrogens with zero attached hydrogens (tertiary/aromatic N) is 1. The van der Waals surface area contributed by atoms with Crippen LogP contribution < -0.4 is 10.1 Å². The largest absolute Gasteiger partial charge is 0.439 e. The number of benzene rings is 1. The predicted octanol–water partition coefficient (Wildman–Crippen LogP) is 4.20. The van der Waals surface area contributed by atoms with Crippen molar-refractivity contribution in [3.8, 4) is 11.6 Å². The summed E-state index contributed by atoms with van der Waals surface area (Å²) in [7, 11) is 0. The zero-order valence-corrected chi connectivity index (χ0v) is 13.0. The quantitative estimate of drug-likeness (QED) is 0.891. The molecule has 0 atom stereocenters. The van der Waals surface area contributed by atoms with Crippen molar-refractivity contribution in [2.75, 3.05) is 0 Å². The molecule has 1 heterocycles. The van der Waals surface area contributed by atoms with E-state index in [0.717, 1.165) is 22.5 Å². The average molecular weight is 333 g/mol. The van der Waals surface area contributed by atoms with Crippen molar-refractivity contribution < 1.29 is 4.74 Å². The maximum absolute atomic E-state index is 5.82. The van der Waals surface area contributed by atoms with Crippen LogP contribution in [0.25, 0.3) is 0 Å². The fourth-order valence-electron chi connectivity index (χ4n) is 2.03. The first-order valence-corrected chi connectivity index (χ1v) is 7.63. The van der Waals surface area contributed by atoms with Gasteiger partial charge in [0.1, 0.15) is 5.75 Å². The van der Waals surface area contributed by atoms with E-state index < -0.39 is 0 Å². The molecular formula is C16H17BrN2O. The molecule has 2 aromatic rings. The molecule has 104 valence electrons. The number of ether oxygens (including phenoxy) is 1. The van der Waals surface area contributed by atoms with E-state index in [9.17, 15) is 0 Å². The molecular weight excluding hydrogens is 316 g/mol. The molecule has 1 fully saturated rings. The van der Waals surface area contributed by atoms with Gasteiger partial charge >= 0.3 is 0 Å². The lowest BCUT2D eigenvalue weighted by Crippen LogP contribution is -2.15. The smallest absolute Gasteiger partial charge is 0.219 e. The maximum atomic E-state index is 5.82. The highest BCUT2D eigenvalue weighted by Gasteiger charge is 2.20. The van der Waals surface area contributed by atoms with E-state index >= 15 is 0 Å². The van der Waals surface area contributed by atoms with Gasteiger partial charge in [-0.25, -0.2) is 4.98 Å². The number of nitrogens with one attached hydrogen (secondary N) is 1. The van der Waals surface area contributed by atoms with Crippen molar-refractivity contribution in [3.05, 3.63) is 52.1 Å². The third-order valence-electron chi connectivity index (χ3n) is 3.20. The molecule has 0 saturated heterocycles. The van der Waals surface area contributed by atoms with Gasteiger partial charge < -0.3 is 10.1 Å². The summed E-state index contributed by atoms with van der Waals surface area (Å²) in [5.74, 6) is 1.45. The van der Waals surface area contributed by atoms with Gasteiger partial charge in [0.2, 0.25) is 5.88 Å². The van der Waals surface area contributed by atoms with Crippen molar-refractivity contribution in [2.45, 2.75) is 32.4 Å². The molecule has 1 aliphatic rings. The summed E-state index contributed by atoms with van der Waals surface area (Å²) < 4.78 is 6.86. The number of hydrogen-bond donors (Lipinski definition) is 1. The van der Waals surface area contributed by atoms with Gasteiger partial charge in [0.15, 0.2) is 0 Å². The van der Waals surface area contributed by atoms with Crippen LogP contribution in [0.3, 0.4) is 0 Å². The molecule has 0 radical (unpaired) electrons. The van der Waals surface area contributed by atoms with Crippen LogP contribution >= 0.6 is 15.9 Å². The molecule has 1 saturated carbocycles. The van der Waals surface area contributed by atoms with Crippen LogP contribution in [-0.4, -0.2) is 11.0 Å². The van der Waals surface area contributed by atoms with Crippen molar-refractivity contribution in [2.24, 2.45) is 0 Å². The first kappa shape index (κ1) is 13.6. The Labute approximate surface area is 127 Å². The second-order valence-corrected chi connectivity index (χ2v) is 6.08. The number of aromatic nitrogens is 1. The van der Waals surface area contributed by atoms with Crippen LogP contribution in [0, 0.1) is 6.92 Å². The van der Waals surface area contributed by atoms with Crippen LogP contribution in [0.5, 0.6) is 11.6 Å². The zero-order valence-electron chi connectivity index (χ0n) is 11.4. The number of pyridine rings is 1. The monoisotopic (exact) mass is 332 g/mol. The molecule has 3 rings (SSSR count). The van der Waals surface area contributed by atoms with E-state index in [1.807, 2.05) is 37.3 Å². The van der Waals surface area contributed by atoms with Gasteiger partial charge in [-0.1, -0.05) is 15.9 Å². The van der Waals surface area contributed by atoms with E-state index in [4.69, 9.17) is 4.74 Å². The van der Waals surface area contributed by atoms with Crippen LogP contribution in [0.4, 0.5) is 0 Å². The molecule has 0 unspecified atom stereocenters. The van der Waals surface area contributed by atoms with Crippen LogP contribution in [0.15, 0.2) is 40.9 Å². The number of rotatable bonds is 5. The van der Waals surface area contributed by atoms with E-state index in [2.05, 4.69) is 32.3 Å². The minimum atomic E-state index is 0.653. The minimum Gasteiger partial charge on any atom is -0.439 e. The summed E-state index contributed by atoms with van der Waals surface area (Å²) in [5, 5.41) is 3.51. The Balaban J connectivity index is 1.72. The lowest BCUT2D eigenvalue weighted by molar-refractivity contribution is 0.460. The standard InChI is InChI=1S/C16H17BrN2O/c1-11-8-12(10-18-14-4-5-14)9-16(19-11)20-15-6-2-13(17)3-7-15/h2-3,6-9,14,18H,4-5,10H2,1H3. The van der Waals surface area contributed by atoms with Crippen LogP contribution in [0.2, 0.25) is 0 Å². The summed E-state index contributed by atoms with van der Waals surface area (Å²) in [6, 6.07) is 12.6. The van der Waals surface area contributed by atoms with Crippen LogP contribution in [0.1, 0.15) is 24.1 Å². The van der Waals surface area contributed by atoms with Crippen molar-refractivity contribution in [1.82, 2.24) is 10.3 Å². The first-order valence-electron chi connectivity index (χ1n) is 6.83. The lowest BCUT2D eigenvalue weighted by Gasteiger charge is -2.09. The molecule has 1 aliphatic carbocycles. The highest BCUT2D eigenvalue weighted by atomic mass is 79.9. The Morgan fingerprint density at radius 2 is 2.00 bits per heavy atom. The predicted molar refractivity (Wildman–Crippen MR) is 83.1 cm³/mol. The molecule has 0 bridgehead atoms. The highest BCUT2D eigenvalue weighted by molar-refractivity contribution is 9.10. The Kier molecular flexibility index (Phi) is 4.03. The minimum absolute atomic E-state index is 0.653. The van der Waals surface area contributed by atoms with E-state index in [1.165, 1.54) is 18.4 Å². The molecule has 1 N–H and O–H groups in total. The number of halogens is 1. The van der Waals surface area contributed by atoms with Gasteiger partial charge in [-0.05, 0) is 55.7 Å². The third-order valence-corrected chi connectivity index (χ3v) is 3.73. The molecule has 0 spiro atoms. The van der Waals surface area contributed by atoms with Crippen LogP contribution in [-0.2, 0) is 6.54 Å². The molecule has 0 aliphatic heterocycles. The van der Waals surface area contributed by atoms with Gasteiger partial charge in [0.25, 0.3) is 0 Å². The van der Waals surface area contributed by atoms with Gasteiger partial charge in [0.05, 0.1) is 0 Å². The number of aryl methyl sites for hydroxylation is 1. The molecule has 1 aromatic heterocycles. The SMILES string of the molecule is Cc1cc(CNC2CC2)cc(Oc2ccc(Br)cc2)n1. The molecule has 0 amide bonds. The van der Waals surface area contributed by atoms with Gasteiger partial charge in [-0.3, -0.25) is 0 Å². The summed E-state index contributed by atoms with van der Waals surface area (Å²) >= 11 is 3.41. The molecule has 4 heteroatoms. The highest BCUT2D eigenvalue weighted by Crippen LogP contribution is 2.24. The Morgan fingerprint density at radius 1 is 1.25 bits per heavy atom. The molecule has 20 heavy (non-hydrogen) atoms. The second-order valence-electron chi connectivity index (χ2n) is 5.17. The Morgan fingerprint density at radius 3 is 2.70 bits per heavy atom. The molecule has 1 aromatic carbocycles. The number of hydrogen-bond acceptors (Lipinski definition) is 3. The topological polar surface area (TPSA) is 34.1 Å². The van der Waals surface area contributed by atoms with E-state index in [1.54, 1.807) is 0 Å². The second kappa shape index (κ2) is 5.94. The third kappa shape index (κ3) is 3.81. The van der Waals surface area contributed by atoms with E-state index in [0.29, 0.717) is 11.9 Å². The lowest BCUT2D eigenvalue weighted by atomic mass is 10.2. The Bertz CT molecular complexity index is 594. The summed E-state index contributed by atoms with van der Waals surface area (Å²) in [6.07, 6.45) is 2.60. The molecule has 3 nitrogen and oxygen atoms in total. The Hall–Kier alpha value is -1.39. The fourth-order valence-corrected chi connectivity index (χ4v) is 2.30. The summed E-state index contributed by atoms with van der Waals surface area (Å²) in [6.45, 7) is 2.87. The van der Waals surface area contributed by atoms with Crippen molar-refractivity contribution in [1.29, 1.82) is 0 Å². The normalized spacial score (nSPS) is 14.3. The van der Waals surface area contributed by atoms with Crippen molar-refractivity contribution >= 4 is 15.9 Å². The van der Waals surface area contributed by atoms with Gasteiger partial charge in [-0.2, -0.15) is 0 Å². The van der Waals surface area contributed by atoms with E-state index in [-0.39, 0.29) is 0 Å². The van der Waals surface area contributed by atoms with Gasteiger partial charge in [-0.15, -0.1) is 0 Å². The zero-order chi connectivity index (χ0) is 13.9.